The number of hydrogen-bond donors (Lipinski definition) is 2. The third-order valence-electron chi connectivity index (χ3n) is 4.58. The SMILES string of the molecule is CC(CCCc1ccccc1)C(=O)NC1(CC(=O)O)CCC1. The highest BCUT2D eigenvalue weighted by molar-refractivity contribution is 5.80. The molecule has 1 saturated carbocycles. The van der Waals surface area contributed by atoms with E-state index in [0.717, 1.165) is 38.5 Å². The molecule has 4 heteroatoms. The zero-order valence-electron chi connectivity index (χ0n) is 13.2. The van der Waals surface area contributed by atoms with Gasteiger partial charge in [0.2, 0.25) is 5.91 Å². The number of hydrogen-bond acceptors (Lipinski definition) is 2. The van der Waals surface area contributed by atoms with Crippen LogP contribution in [0, 0.1) is 5.92 Å². The molecule has 0 radical (unpaired) electrons. The number of nitrogens with one attached hydrogen (secondary N) is 1. The molecule has 0 aromatic heterocycles. The Morgan fingerprint density at radius 1 is 1.27 bits per heavy atom. The number of amides is 1. The topological polar surface area (TPSA) is 66.4 Å². The molecule has 1 aromatic rings. The summed E-state index contributed by atoms with van der Waals surface area (Å²) in [6.07, 6.45) is 5.35. The summed E-state index contributed by atoms with van der Waals surface area (Å²) in [7, 11) is 0. The van der Waals surface area contributed by atoms with Crippen molar-refractivity contribution in [2.75, 3.05) is 0 Å². The number of carbonyl (C=O) groups excluding carboxylic acids is 1. The van der Waals surface area contributed by atoms with Gasteiger partial charge in [0, 0.05) is 5.92 Å². The summed E-state index contributed by atoms with van der Waals surface area (Å²) in [4.78, 5) is 23.2. The second-order valence-electron chi connectivity index (χ2n) is 6.47. The maximum atomic E-state index is 12.3. The Morgan fingerprint density at radius 3 is 2.50 bits per heavy atom. The highest BCUT2D eigenvalue weighted by Crippen LogP contribution is 2.35. The minimum Gasteiger partial charge on any atom is -0.481 e. The molecule has 0 heterocycles. The molecule has 1 aliphatic rings. The van der Waals surface area contributed by atoms with Crippen LogP contribution in [0.4, 0.5) is 0 Å². The van der Waals surface area contributed by atoms with Gasteiger partial charge in [-0.25, -0.2) is 0 Å². The van der Waals surface area contributed by atoms with E-state index < -0.39 is 11.5 Å². The highest BCUT2D eigenvalue weighted by atomic mass is 16.4. The molecule has 1 atom stereocenters. The number of carbonyl (C=O) groups is 2. The van der Waals surface area contributed by atoms with E-state index in [9.17, 15) is 9.59 Å². The molecule has 4 nitrogen and oxygen atoms in total. The van der Waals surface area contributed by atoms with Crippen LogP contribution in [0.3, 0.4) is 0 Å². The molecule has 1 amide bonds. The van der Waals surface area contributed by atoms with E-state index in [-0.39, 0.29) is 18.2 Å². The van der Waals surface area contributed by atoms with Crippen molar-refractivity contribution in [1.82, 2.24) is 5.32 Å². The lowest BCUT2D eigenvalue weighted by molar-refractivity contribution is -0.140. The molecule has 2 rings (SSSR count). The molecule has 2 N–H and O–H groups in total. The zero-order chi connectivity index (χ0) is 16.0. The van der Waals surface area contributed by atoms with E-state index in [4.69, 9.17) is 5.11 Å². The molecule has 0 spiro atoms. The van der Waals surface area contributed by atoms with Gasteiger partial charge in [-0.1, -0.05) is 37.3 Å². The third-order valence-corrected chi connectivity index (χ3v) is 4.58. The van der Waals surface area contributed by atoms with E-state index in [0.29, 0.717) is 0 Å². The second-order valence-corrected chi connectivity index (χ2v) is 6.47. The standard InChI is InChI=1S/C18H25NO3/c1-14(7-5-10-15-8-3-2-4-9-15)17(22)19-18(11-6-12-18)13-16(20)21/h2-4,8-9,14H,5-7,10-13H2,1H3,(H,19,22)(H,20,21). The lowest BCUT2D eigenvalue weighted by Crippen LogP contribution is -2.55. The van der Waals surface area contributed by atoms with Crippen LogP contribution in [-0.4, -0.2) is 22.5 Å². The van der Waals surface area contributed by atoms with Crippen molar-refractivity contribution in [3.8, 4) is 0 Å². The Morgan fingerprint density at radius 2 is 1.95 bits per heavy atom. The lowest BCUT2D eigenvalue weighted by atomic mass is 9.74. The minimum atomic E-state index is -0.836. The summed E-state index contributed by atoms with van der Waals surface area (Å²) in [5.74, 6) is -0.916. The largest absolute Gasteiger partial charge is 0.481 e. The van der Waals surface area contributed by atoms with Gasteiger partial charge in [-0.3, -0.25) is 9.59 Å². The smallest absolute Gasteiger partial charge is 0.305 e. The maximum absolute atomic E-state index is 12.3. The monoisotopic (exact) mass is 303 g/mol. The Hall–Kier alpha value is -1.84. The van der Waals surface area contributed by atoms with Crippen LogP contribution >= 0.6 is 0 Å². The molecule has 1 fully saturated rings. The van der Waals surface area contributed by atoms with E-state index >= 15 is 0 Å². The molecular weight excluding hydrogens is 278 g/mol. The highest BCUT2D eigenvalue weighted by Gasteiger charge is 2.40. The maximum Gasteiger partial charge on any atom is 0.305 e. The summed E-state index contributed by atoms with van der Waals surface area (Å²) >= 11 is 0. The minimum absolute atomic E-state index is 0.00554. The summed E-state index contributed by atoms with van der Waals surface area (Å²) in [5.41, 5.74) is 0.799. The Bertz CT molecular complexity index is 508. The van der Waals surface area contributed by atoms with Crippen molar-refractivity contribution in [3.05, 3.63) is 35.9 Å². The Labute approximate surface area is 131 Å². The van der Waals surface area contributed by atoms with E-state index in [1.165, 1.54) is 5.56 Å². The van der Waals surface area contributed by atoms with E-state index in [1.54, 1.807) is 0 Å². The van der Waals surface area contributed by atoms with Crippen molar-refractivity contribution in [2.24, 2.45) is 5.92 Å². The van der Waals surface area contributed by atoms with Crippen LogP contribution in [0.25, 0.3) is 0 Å². The van der Waals surface area contributed by atoms with Gasteiger partial charge in [0.15, 0.2) is 0 Å². The molecule has 120 valence electrons. The number of benzene rings is 1. The first kappa shape index (κ1) is 16.5. The molecule has 0 saturated heterocycles. The predicted octanol–water partition coefficient (Wildman–Crippen LogP) is 3.16. The molecule has 0 bridgehead atoms. The fourth-order valence-electron chi connectivity index (χ4n) is 3.01. The molecule has 0 aliphatic heterocycles. The van der Waals surface area contributed by atoms with Gasteiger partial charge in [-0.15, -0.1) is 0 Å². The summed E-state index contributed by atoms with van der Waals surface area (Å²) in [6.45, 7) is 1.92. The van der Waals surface area contributed by atoms with Gasteiger partial charge < -0.3 is 10.4 Å². The fourth-order valence-corrected chi connectivity index (χ4v) is 3.01. The van der Waals surface area contributed by atoms with Crippen LogP contribution in [0.2, 0.25) is 0 Å². The third kappa shape index (κ3) is 4.58. The number of aryl methyl sites for hydroxylation is 1. The Kier molecular flexibility index (Phi) is 5.58. The summed E-state index contributed by atoms with van der Waals surface area (Å²) in [6, 6.07) is 10.2. The first-order valence-corrected chi connectivity index (χ1v) is 8.08. The van der Waals surface area contributed by atoms with Crippen molar-refractivity contribution >= 4 is 11.9 Å². The first-order chi connectivity index (χ1) is 10.5. The van der Waals surface area contributed by atoms with Gasteiger partial charge in [0.25, 0.3) is 0 Å². The average Bonchev–Trinajstić information content (AvgIpc) is 2.45. The fraction of sp³-hybridized carbons (Fsp3) is 0.556. The number of carboxylic acid groups (broad SMARTS) is 1. The number of rotatable bonds is 8. The molecule has 1 unspecified atom stereocenters. The van der Waals surface area contributed by atoms with Crippen molar-refractivity contribution in [1.29, 1.82) is 0 Å². The molecule has 1 aromatic carbocycles. The normalized spacial score (nSPS) is 17.3. The van der Waals surface area contributed by atoms with Crippen LogP contribution < -0.4 is 5.32 Å². The molecular formula is C18H25NO3. The van der Waals surface area contributed by atoms with Gasteiger partial charge in [0.1, 0.15) is 0 Å². The van der Waals surface area contributed by atoms with Crippen LogP contribution in [0.1, 0.15) is 51.0 Å². The van der Waals surface area contributed by atoms with E-state index in [2.05, 4.69) is 17.4 Å². The summed E-state index contributed by atoms with van der Waals surface area (Å²) < 4.78 is 0. The second kappa shape index (κ2) is 7.43. The van der Waals surface area contributed by atoms with Crippen molar-refractivity contribution in [3.63, 3.8) is 0 Å². The van der Waals surface area contributed by atoms with Gasteiger partial charge in [-0.2, -0.15) is 0 Å². The number of carboxylic acids is 1. The van der Waals surface area contributed by atoms with Gasteiger partial charge in [0.05, 0.1) is 12.0 Å². The van der Waals surface area contributed by atoms with Crippen LogP contribution in [-0.2, 0) is 16.0 Å². The van der Waals surface area contributed by atoms with Crippen molar-refractivity contribution in [2.45, 2.75) is 57.4 Å². The first-order valence-electron chi connectivity index (χ1n) is 8.08. The molecule has 22 heavy (non-hydrogen) atoms. The van der Waals surface area contributed by atoms with Gasteiger partial charge >= 0.3 is 5.97 Å². The lowest BCUT2D eigenvalue weighted by Gasteiger charge is -2.42. The Balaban J connectivity index is 1.76. The number of aliphatic carboxylic acids is 1. The zero-order valence-corrected chi connectivity index (χ0v) is 13.2. The van der Waals surface area contributed by atoms with E-state index in [1.807, 2.05) is 25.1 Å². The predicted molar refractivity (Wildman–Crippen MR) is 85.5 cm³/mol. The average molecular weight is 303 g/mol. The van der Waals surface area contributed by atoms with Crippen molar-refractivity contribution < 1.29 is 14.7 Å². The quantitative estimate of drug-likeness (QED) is 0.775. The summed E-state index contributed by atoms with van der Waals surface area (Å²) in [5, 5.41) is 12.0. The molecule has 1 aliphatic carbocycles. The van der Waals surface area contributed by atoms with Crippen LogP contribution in [0.15, 0.2) is 30.3 Å². The van der Waals surface area contributed by atoms with Crippen LogP contribution in [0.5, 0.6) is 0 Å². The van der Waals surface area contributed by atoms with Gasteiger partial charge in [-0.05, 0) is 44.1 Å².